The van der Waals surface area contributed by atoms with Gasteiger partial charge >= 0.3 is 0 Å². The van der Waals surface area contributed by atoms with Crippen LogP contribution in [0.4, 0.5) is 0 Å². The van der Waals surface area contributed by atoms with Gasteiger partial charge in [0.05, 0.1) is 0 Å². The maximum absolute atomic E-state index is 12.3. The monoisotopic (exact) mass is 248 g/mol. The number of carbonyl (C=O) groups excluding carboxylic acids is 2. The maximum atomic E-state index is 12.3. The van der Waals surface area contributed by atoms with Crippen LogP contribution in [0.2, 0.25) is 0 Å². The Kier molecular flexibility index (Phi) is 3.78. The summed E-state index contributed by atoms with van der Waals surface area (Å²) in [6.45, 7) is 9.61. The van der Waals surface area contributed by atoms with Crippen LogP contribution in [-0.2, 0) is 9.59 Å². The Hall–Kier alpha value is -1.26. The molecule has 0 unspecified atom stereocenters. The highest BCUT2D eigenvalue weighted by atomic mass is 16.1. The predicted octanol–water partition coefficient (Wildman–Crippen LogP) is 0.696. The molecule has 0 aromatic rings. The first-order valence-electron chi connectivity index (χ1n) is 6.42. The molecule has 1 aliphatic carbocycles. The van der Waals surface area contributed by atoms with Gasteiger partial charge in [-0.15, -0.1) is 0 Å². The molecule has 1 aliphatic heterocycles. The van der Waals surface area contributed by atoms with E-state index in [1.54, 1.807) is 20.8 Å². The predicted molar refractivity (Wildman–Crippen MR) is 70.4 cm³/mol. The lowest BCUT2D eigenvalue weighted by Crippen LogP contribution is -2.45. The van der Waals surface area contributed by atoms with Crippen LogP contribution in [0.25, 0.3) is 0 Å². The minimum Gasteiger partial charge on any atom is -0.314 e. The van der Waals surface area contributed by atoms with Crippen molar-refractivity contribution in [2.75, 3.05) is 32.7 Å². The molecule has 0 saturated carbocycles. The van der Waals surface area contributed by atoms with Crippen LogP contribution < -0.4 is 5.32 Å². The first-order chi connectivity index (χ1) is 8.52. The molecule has 0 aromatic heterocycles. The average Bonchev–Trinajstić information content (AvgIpc) is 2.40. The number of nitrogens with zero attached hydrogens (tertiary/aromatic N) is 1. The number of ketones is 2. The minimum atomic E-state index is 0.0252. The summed E-state index contributed by atoms with van der Waals surface area (Å²) in [4.78, 5) is 26.5. The van der Waals surface area contributed by atoms with Gasteiger partial charge in [0.1, 0.15) is 0 Å². The normalized spacial score (nSPS) is 23.1. The van der Waals surface area contributed by atoms with Gasteiger partial charge in [-0.25, -0.2) is 0 Å². The number of allylic oxidation sites excluding steroid dienone is 3. The van der Waals surface area contributed by atoms with Crippen LogP contribution in [0.3, 0.4) is 0 Å². The summed E-state index contributed by atoms with van der Waals surface area (Å²) in [5.74, 6) is 0.0698. The van der Waals surface area contributed by atoms with Gasteiger partial charge in [-0.1, -0.05) is 0 Å². The molecule has 4 nitrogen and oxygen atoms in total. The van der Waals surface area contributed by atoms with Crippen LogP contribution in [0.1, 0.15) is 20.8 Å². The summed E-state index contributed by atoms with van der Waals surface area (Å²) in [7, 11) is 0. The molecule has 4 heteroatoms. The van der Waals surface area contributed by atoms with Crippen molar-refractivity contribution in [3.8, 4) is 0 Å². The molecule has 0 radical (unpaired) electrons. The fourth-order valence-corrected chi connectivity index (χ4v) is 2.44. The molecule has 2 rings (SSSR count). The van der Waals surface area contributed by atoms with E-state index in [1.807, 2.05) is 0 Å². The van der Waals surface area contributed by atoms with Crippen molar-refractivity contribution >= 4 is 11.6 Å². The molecule has 1 fully saturated rings. The van der Waals surface area contributed by atoms with Crippen molar-refractivity contribution in [1.82, 2.24) is 10.2 Å². The summed E-state index contributed by atoms with van der Waals surface area (Å²) in [6, 6.07) is 0. The minimum absolute atomic E-state index is 0.0252. The Labute approximate surface area is 108 Å². The van der Waals surface area contributed by atoms with E-state index in [0.29, 0.717) is 28.8 Å². The second-order valence-corrected chi connectivity index (χ2v) is 5.04. The molecule has 1 heterocycles. The van der Waals surface area contributed by atoms with Crippen molar-refractivity contribution in [1.29, 1.82) is 0 Å². The zero-order valence-electron chi connectivity index (χ0n) is 11.3. The van der Waals surface area contributed by atoms with Crippen LogP contribution in [-0.4, -0.2) is 49.2 Å². The molecule has 98 valence electrons. The van der Waals surface area contributed by atoms with Gasteiger partial charge in [0.25, 0.3) is 0 Å². The topological polar surface area (TPSA) is 49.4 Å². The fraction of sp³-hybridized carbons (Fsp3) is 0.571. The largest absolute Gasteiger partial charge is 0.314 e. The SMILES string of the molecule is CC1=C(C)C(=O)C(CN2CCNCC2)=C(C)C1=O. The summed E-state index contributed by atoms with van der Waals surface area (Å²) in [6.07, 6.45) is 0. The molecule has 0 amide bonds. The molecule has 1 saturated heterocycles. The summed E-state index contributed by atoms with van der Waals surface area (Å²) in [5.41, 5.74) is 2.52. The maximum Gasteiger partial charge on any atom is 0.186 e. The van der Waals surface area contributed by atoms with Gasteiger partial charge in [0.15, 0.2) is 11.6 Å². The van der Waals surface area contributed by atoms with Gasteiger partial charge in [0, 0.05) is 55.0 Å². The van der Waals surface area contributed by atoms with Crippen LogP contribution >= 0.6 is 0 Å². The Bertz CT molecular complexity index is 454. The molecule has 18 heavy (non-hydrogen) atoms. The second-order valence-electron chi connectivity index (χ2n) is 5.04. The third kappa shape index (κ3) is 2.31. The summed E-state index contributed by atoms with van der Waals surface area (Å²) >= 11 is 0. The summed E-state index contributed by atoms with van der Waals surface area (Å²) < 4.78 is 0. The molecule has 2 aliphatic rings. The van der Waals surface area contributed by atoms with Crippen molar-refractivity contribution in [2.45, 2.75) is 20.8 Å². The lowest BCUT2D eigenvalue weighted by molar-refractivity contribution is -0.116. The molecule has 0 aromatic carbocycles. The van der Waals surface area contributed by atoms with Gasteiger partial charge in [0.2, 0.25) is 0 Å². The second kappa shape index (κ2) is 5.16. The van der Waals surface area contributed by atoms with Gasteiger partial charge in [-0.3, -0.25) is 14.5 Å². The van der Waals surface area contributed by atoms with E-state index in [9.17, 15) is 9.59 Å². The fourth-order valence-electron chi connectivity index (χ4n) is 2.44. The number of piperazine rings is 1. The van der Waals surface area contributed by atoms with Crippen molar-refractivity contribution in [2.24, 2.45) is 0 Å². The highest BCUT2D eigenvalue weighted by molar-refractivity contribution is 6.24. The van der Waals surface area contributed by atoms with Crippen LogP contribution in [0, 0.1) is 0 Å². The molecule has 0 atom stereocenters. The third-order valence-corrected chi connectivity index (χ3v) is 3.90. The Morgan fingerprint density at radius 3 is 2.11 bits per heavy atom. The highest BCUT2D eigenvalue weighted by Gasteiger charge is 2.28. The van der Waals surface area contributed by atoms with Gasteiger partial charge < -0.3 is 5.32 Å². The first kappa shape index (κ1) is 13.2. The molecular weight excluding hydrogens is 228 g/mol. The van der Waals surface area contributed by atoms with E-state index in [1.165, 1.54) is 0 Å². The van der Waals surface area contributed by atoms with E-state index in [4.69, 9.17) is 0 Å². The summed E-state index contributed by atoms with van der Waals surface area (Å²) in [5, 5.41) is 3.28. The quantitative estimate of drug-likeness (QED) is 0.731. The number of rotatable bonds is 2. The van der Waals surface area contributed by atoms with Gasteiger partial charge in [-0.05, 0) is 20.8 Å². The van der Waals surface area contributed by atoms with Crippen molar-refractivity contribution in [3.05, 3.63) is 22.3 Å². The number of hydrogen-bond donors (Lipinski definition) is 1. The number of hydrogen-bond acceptors (Lipinski definition) is 4. The van der Waals surface area contributed by atoms with E-state index < -0.39 is 0 Å². The highest BCUT2D eigenvalue weighted by Crippen LogP contribution is 2.24. The third-order valence-electron chi connectivity index (χ3n) is 3.90. The smallest absolute Gasteiger partial charge is 0.186 e. The Morgan fingerprint density at radius 2 is 1.50 bits per heavy atom. The van der Waals surface area contributed by atoms with E-state index in [2.05, 4.69) is 10.2 Å². The number of carbonyl (C=O) groups is 2. The zero-order chi connectivity index (χ0) is 13.3. The average molecular weight is 248 g/mol. The van der Waals surface area contributed by atoms with Crippen LogP contribution in [0.15, 0.2) is 22.3 Å². The van der Waals surface area contributed by atoms with Crippen molar-refractivity contribution < 1.29 is 9.59 Å². The van der Waals surface area contributed by atoms with E-state index in [-0.39, 0.29) is 11.6 Å². The van der Waals surface area contributed by atoms with E-state index in [0.717, 1.165) is 26.2 Å². The van der Waals surface area contributed by atoms with Crippen molar-refractivity contribution in [3.63, 3.8) is 0 Å². The number of Topliss-reactive ketones (excluding diaryl/α,β-unsaturated/α-hetero) is 2. The standard InChI is InChI=1S/C14H20N2O2/c1-9-10(2)14(18)12(11(3)13(9)17)8-16-6-4-15-5-7-16/h15H,4-8H2,1-3H3. The molecule has 0 spiro atoms. The zero-order valence-corrected chi connectivity index (χ0v) is 11.3. The Balaban J connectivity index is 2.21. The van der Waals surface area contributed by atoms with Crippen LogP contribution in [0.5, 0.6) is 0 Å². The lowest BCUT2D eigenvalue weighted by Gasteiger charge is -2.29. The Morgan fingerprint density at radius 1 is 0.944 bits per heavy atom. The first-order valence-corrected chi connectivity index (χ1v) is 6.42. The number of nitrogens with one attached hydrogen (secondary N) is 1. The lowest BCUT2D eigenvalue weighted by atomic mass is 9.85. The molecule has 0 bridgehead atoms. The molecule has 1 N–H and O–H groups in total. The molecular formula is C14H20N2O2. The van der Waals surface area contributed by atoms with E-state index >= 15 is 0 Å². The van der Waals surface area contributed by atoms with Gasteiger partial charge in [-0.2, -0.15) is 0 Å².